The molecule has 1 N–H and O–H groups in total. The third-order valence-electron chi connectivity index (χ3n) is 4.32. The average Bonchev–Trinajstić information content (AvgIpc) is 2.63. The van der Waals surface area contributed by atoms with E-state index < -0.39 is 12.5 Å². The minimum Gasteiger partial charge on any atom is -0.387 e. The Bertz CT molecular complexity index is 745. The Morgan fingerprint density at radius 3 is 2.50 bits per heavy atom. The third kappa shape index (κ3) is 3.03. The molecule has 124 valence electrons. The Hall–Kier alpha value is -2.66. The third-order valence-corrected chi connectivity index (χ3v) is 4.32. The number of piperazine rings is 1. The second-order valence-corrected chi connectivity index (χ2v) is 5.92. The molecule has 1 heterocycles. The van der Waals surface area contributed by atoms with Crippen molar-refractivity contribution >= 4 is 17.5 Å². The minimum atomic E-state index is -0.571. The summed E-state index contributed by atoms with van der Waals surface area (Å²) in [7, 11) is 0. The number of anilines is 1. The molecule has 2 aromatic carbocycles. The lowest BCUT2D eigenvalue weighted by atomic mass is 10.0. The number of carbonyl (C=O) groups excluding carboxylic acids is 2. The fourth-order valence-corrected chi connectivity index (χ4v) is 3.08. The highest BCUT2D eigenvalue weighted by Crippen LogP contribution is 2.32. The van der Waals surface area contributed by atoms with Crippen LogP contribution in [0.5, 0.6) is 0 Å². The zero-order valence-corrected chi connectivity index (χ0v) is 13.6. The van der Waals surface area contributed by atoms with E-state index in [4.69, 9.17) is 5.11 Å². The van der Waals surface area contributed by atoms with E-state index in [9.17, 15) is 9.59 Å². The van der Waals surface area contributed by atoms with Crippen molar-refractivity contribution in [3.05, 3.63) is 54.6 Å². The highest BCUT2D eigenvalue weighted by molar-refractivity contribution is 6.01. The smallest absolute Gasteiger partial charge is 0.249 e. The van der Waals surface area contributed by atoms with E-state index in [2.05, 4.69) is 0 Å². The highest BCUT2D eigenvalue weighted by atomic mass is 16.3. The highest BCUT2D eigenvalue weighted by Gasteiger charge is 2.33. The summed E-state index contributed by atoms with van der Waals surface area (Å²) in [4.78, 5) is 27.5. The Kier molecular flexibility index (Phi) is 4.62. The van der Waals surface area contributed by atoms with Crippen LogP contribution in [0.15, 0.2) is 54.6 Å². The number of hydrogen-bond acceptors (Lipinski definition) is 3. The predicted molar refractivity (Wildman–Crippen MR) is 92.5 cm³/mol. The Labute approximate surface area is 141 Å². The minimum absolute atomic E-state index is 0.0102. The molecule has 2 amide bonds. The van der Waals surface area contributed by atoms with E-state index in [1.165, 1.54) is 4.90 Å². The predicted octanol–water partition coefficient (Wildman–Crippen LogP) is 1.91. The van der Waals surface area contributed by atoms with Gasteiger partial charge in [-0.1, -0.05) is 48.5 Å². The number of hydrogen-bond donors (Lipinski definition) is 1. The number of rotatable bonds is 3. The molecule has 1 aliphatic heterocycles. The zero-order chi connectivity index (χ0) is 17.1. The standard InChI is InChI=1S/C19H20N2O3/c1-14-11-21(18(23)12-20(14)19(24)13-22)17-10-6-5-9-16(17)15-7-3-2-4-8-15/h2-10,14,22H,11-13H2,1H3/t14-/m0/s1. The van der Waals surface area contributed by atoms with Crippen LogP contribution in [0.4, 0.5) is 5.69 Å². The molecular formula is C19H20N2O3. The number of aliphatic hydroxyl groups excluding tert-OH is 1. The summed E-state index contributed by atoms with van der Waals surface area (Å²) >= 11 is 0. The Morgan fingerprint density at radius 2 is 1.79 bits per heavy atom. The van der Waals surface area contributed by atoms with E-state index in [1.54, 1.807) is 4.90 Å². The summed E-state index contributed by atoms with van der Waals surface area (Å²) in [5.74, 6) is -0.551. The van der Waals surface area contributed by atoms with E-state index in [1.807, 2.05) is 61.5 Å². The van der Waals surface area contributed by atoms with Crippen molar-refractivity contribution in [2.75, 3.05) is 24.6 Å². The summed E-state index contributed by atoms with van der Waals surface area (Å²) < 4.78 is 0. The van der Waals surface area contributed by atoms with Gasteiger partial charge in [-0.05, 0) is 18.6 Å². The maximum atomic E-state index is 12.6. The molecule has 0 bridgehead atoms. The first-order chi connectivity index (χ1) is 11.6. The van der Waals surface area contributed by atoms with Crippen LogP contribution in [-0.2, 0) is 9.59 Å². The molecule has 0 unspecified atom stereocenters. The summed E-state index contributed by atoms with van der Waals surface area (Å²) in [6, 6.07) is 17.5. The van der Waals surface area contributed by atoms with Gasteiger partial charge in [-0.2, -0.15) is 0 Å². The van der Waals surface area contributed by atoms with Crippen LogP contribution < -0.4 is 4.90 Å². The molecule has 1 saturated heterocycles. The van der Waals surface area contributed by atoms with E-state index >= 15 is 0 Å². The van der Waals surface area contributed by atoms with Gasteiger partial charge in [0.1, 0.15) is 13.2 Å². The van der Waals surface area contributed by atoms with Crippen LogP contribution in [0.1, 0.15) is 6.92 Å². The van der Waals surface area contributed by atoms with Crippen LogP contribution in [0, 0.1) is 0 Å². The molecule has 2 aromatic rings. The SMILES string of the molecule is C[C@H]1CN(c2ccccc2-c2ccccc2)C(=O)CN1C(=O)CO. The van der Waals surface area contributed by atoms with Gasteiger partial charge in [0, 0.05) is 18.2 Å². The van der Waals surface area contributed by atoms with Gasteiger partial charge in [-0.3, -0.25) is 9.59 Å². The summed E-state index contributed by atoms with van der Waals surface area (Å²) in [6.07, 6.45) is 0. The van der Waals surface area contributed by atoms with Crippen LogP contribution in [0.2, 0.25) is 0 Å². The molecule has 5 heteroatoms. The van der Waals surface area contributed by atoms with Crippen molar-refractivity contribution in [2.45, 2.75) is 13.0 Å². The number of carbonyl (C=O) groups is 2. The number of nitrogens with zero attached hydrogens (tertiary/aromatic N) is 2. The number of benzene rings is 2. The normalized spacial score (nSPS) is 17.9. The molecule has 0 aromatic heterocycles. The lowest BCUT2D eigenvalue weighted by Crippen LogP contribution is -2.57. The second-order valence-electron chi connectivity index (χ2n) is 5.92. The molecule has 3 rings (SSSR count). The van der Waals surface area contributed by atoms with E-state index in [0.717, 1.165) is 16.8 Å². The molecule has 24 heavy (non-hydrogen) atoms. The Morgan fingerprint density at radius 1 is 1.12 bits per heavy atom. The topological polar surface area (TPSA) is 60.9 Å². The average molecular weight is 324 g/mol. The first-order valence-corrected chi connectivity index (χ1v) is 7.97. The van der Waals surface area contributed by atoms with Gasteiger partial charge in [0.05, 0.1) is 5.69 Å². The van der Waals surface area contributed by atoms with Crippen LogP contribution in [-0.4, -0.2) is 47.6 Å². The summed E-state index contributed by atoms with van der Waals surface area (Å²) in [6.45, 7) is 1.72. The van der Waals surface area contributed by atoms with Gasteiger partial charge in [0.25, 0.3) is 0 Å². The van der Waals surface area contributed by atoms with Crippen molar-refractivity contribution in [1.29, 1.82) is 0 Å². The number of amides is 2. The summed E-state index contributed by atoms with van der Waals surface area (Å²) in [5.41, 5.74) is 2.87. The lowest BCUT2D eigenvalue weighted by Gasteiger charge is -2.39. The molecule has 5 nitrogen and oxygen atoms in total. The molecule has 0 saturated carbocycles. The monoisotopic (exact) mass is 324 g/mol. The van der Waals surface area contributed by atoms with Crippen LogP contribution >= 0.6 is 0 Å². The van der Waals surface area contributed by atoms with Crippen LogP contribution in [0.25, 0.3) is 11.1 Å². The first kappa shape index (κ1) is 16.2. The largest absolute Gasteiger partial charge is 0.387 e. The molecule has 0 spiro atoms. The fourth-order valence-electron chi connectivity index (χ4n) is 3.08. The molecule has 0 aliphatic carbocycles. The zero-order valence-electron chi connectivity index (χ0n) is 13.6. The molecular weight excluding hydrogens is 304 g/mol. The van der Waals surface area contributed by atoms with Gasteiger partial charge in [-0.15, -0.1) is 0 Å². The quantitative estimate of drug-likeness (QED) is 0.938. The summed E-state index contributed by atoms with van der Waals surface area (Å²) in [5, 5.41) is 9.05. The molecule has 1 aliphatic rings. The molecule has 1 fully saturated rings. The van der Waals surface area contributed by atoms with Gasteiger partial charge in [0.15, 0.2) is 0 Å². The molecule has 1 atom stereocenters. The Balaban J connectivity index is 1.94. The fraction of sp³-hybridized carbons (Fsp3) is 0.263. The van der Waals surface area contributed by atoms with Crippen molar-refractivity contribution in [3.63, 3.8) is 0 Å². The van der Waals surface area contributed by atoms with E-state index in [-0.39, 0.29) is 18.5 Å². The number of para-hydroxylation sites is 1. The van der Waals surface area contributed by atoms with E-state index in [0.29, 0.717) is 6.54 Å². The maximum absolute atomic E-state index is 12.6. The van der Waals surface area contributed by atoms with Crippen molar-refractivity contribution in [1.82, 2.24) is 4.90 Å². The van der Waals surface area contributed by atoms with Gasteiger partial charge in [-0.25, -0.2) is 0 Å². The van der Waals surface area contributed by atoms with Gasteiger partial charge < -0.3 is 14.9 Å². The lowest BCUT2D eigenvalue weighted by molar-refractivity contribution is -0.141. The van der Waals surface area contributed by atoms with Crippen molar-refractivity contribution in [2.24, 2.45) is 0 Å². The van der Waals surface area contributed by atoms with Crippen molar-refractivity contribution < 1.29 is 14.7 Å². The van der Waals surface area contributed by atoms with Crippen molar-refractivity contribution in [3.8, 4) is 11.1 Å². The van der Waals surface area contributed by atoms with Gasteiger partial charge >= 0.3 is 0 Å². The number of aliphatic hydroxyl groups is 1. The maximum Gasteiger partial charge on any atom is 0.249 e. The second kappa shape index (κ2) is 6.84. The van der Waals surface area contributed by atoms with Crippen LogP contribution in [0.3, 0.4) is 0 Å². The first-order valence-electron chi connectivity index (χ1n) is 7.97. The van der Waals surface area contributed by atoms with Gasteiger partial charge in [0.2, 0.25) is 11.8 Å². The molecule has 0 radical (unpaired) electrons.